The van der Waals surface area contributed by atoms with Crippen LogP contribution in [0.4, 0.5) is 0 Å². The van der Waals surface area contributed by atoms with Crippen molar-refractivity contribution in [3.8, 4) is 5.75 Å². The van der Waals surface area contributed by atoms with Gasteiger partial charge in [-0.15, -0.1) is 10.2 Å². The van der Waals surface area contributed by atoms with Crippen molar-refractivity contribution >= 4 is 0 Å². The Morgan fingerprint density at radius 3 is 2.64 bits per heavy atom. The molecule has 0 bridgehead atoms. The number of likely N-dealkylation sites (N-methyl/N-ethyl adjacent to an activating group) is 1. The van der Waals surface area contributed by atoms with E-state index in [0.29, 0.717) is 12.1 Å². The summed E-state index contributed by atoms with van der Waals surface area (Å²) in [6.07, 6.45) is 2.75. The Balaban J connectivity index is 2.03. The molecule has 0 amide bonds. The minimum atomic E-state index is 0.378. The highest BCUT2D eigenvalue weighted by molar-refractivity contribution is 5.33. The summed E-state index contributed by atoms with van der Waals surface area (Å²) in [6, 6.07) is 8.95. The molecule has 1 aromatic carbocycles. The van der Waals surface area contributed by atoms with Gasteiger partial charge in [0.05, 0.1) is 13.7 Å². The average molecular weight is 302 g/mol. The number of ether oxygens (including phenoxy) is 1. The van der Waals surface area contributed by atoms with Gasteiger partial charge in [-0.25, -0.2) is 0 Å². The standard InChI is InChI=1S/C17H26N4O/c1-13(2)21-12-18-19-17(21)11-20(4)14(3)10-15-8-6-7-9-16(15)22-5/h6-9,12-14H,10-11H2,1-5H3/t14-/m1/s1. The van der Waals surface area contributed by atoms with E-state index in [2.05, 4.69) is 59.6 Å². The number of benzene rings is 1. The van der Waals surface area contributed by atoms with Crippen LogP contribution < -0.4 is 4.74 Å². The number of rotatable bonds is 7. The summed E-state index contributed by atoms with van der Waals surface area (Å²) in [5.41, 5.74) is 1.23. The van der Waals surface area contributed by atoms with Crippen LogP contribution in [-0.2, 0) is 13.0 Å². The number of nitrogens with zero attached hydrogens (tertiary/aromatic N) is 4. The fourth-order valence-corrected chi connectivity index (χ4v) is 2.54. The first-order chi connectivity index (χ1) is 10.5. The van der Waals surface area contributed by atoms with E-state index in [0.717, 1.165) is 24.5 Å². The normalized spacial score (nSPS) is 12.9. The number of hydrogen-bond donors (Lipinski definition) is 0. The number of hydrogen-bond acceptors (Lipinski definition) is 4. The lowest BCUT2D eigenvalue weighted by Crippen LogP contribution is -2.31. The van der Waals surface area contributed by atoms with Crippen molar-refractivity contribution in [2.24, 2.45) is 0 Å². The van der Waals surface area contributed by atoms with Crippen LogP contribution in [0, 0.1) is 0 Å². The van der Waals surface area contributed by atoms with E-state index in [1.54, 1.807) is 13.4 Å². The number of aromatic nitrogens is 3. The lowest BCUT2D eigenvalue weighted by Gasteiger charge is -2.25. The minimum absolute atomic E-state index is 0.378. The Labute approximate surface area is 132 Å². The molecule has 1 atom stereocenters. The van der Waals surface area contributed by atoms with Crippen LogP contribution in [0.3, 0.4) is 0 Å². The molecular weight excluding hydrogens is 276 g/mol. The molecule has 0 aliphatic heterocycles. The molecule has 2 aromatic rings. The third kappa shape index (κ3) is 3.85. The van der Waals surface area contributed by atoms with Crippen LogP contribution in [0.5, 0.6) is 5.75 Å². The predicted octanol–water partition coefficient (Wildman–Crippen LogP) is 2.93. The van der Waals surface area contributed by atoms with Crippen LogP contribution in [-0.4, -0.2) is 39.9 Å². The second kappa shape index (κ2) is 7.40. The summed E-state index contributed by atoms with van der Waals surface area (Å²) in [6.45, 7) is 7.30. The zero-order valence-corrected chi connectivity index (χ0v) is 14.2. The summed E-state index contributed by atoms with van der Waals surface area (Å²) in [7, 11) is 3.84. The van der Waals surface area contributed by atoms with Crippen molar-refractivity contribution in [3.63, 3.8) is 0 Å². The first-order valence-electron chi connectivity index (χ1n) is 7.73. The van der Waals surface area contributed by atoms with Crippen molar-refractivity contribution in [3.05, 3.63) is 42.0 Å². The van der Waals surface area contributed by atoms with Gasteiger partial charge in [0.2, 0.25) is 0 Å². The molecule has 0 saturated heterocycles. The molecule has 0 unspecified atom stereocenters. The first-order valence-corrected chi connectivity index (χ1v) is 7.73. The summed E-state index contributed by atoms with van der Waals surface area (Å²) in [5.74, 6) is 1.96. The van der Waals surface area contributed by atoms with E-state index < -0.39 is 0 Å². The lowest BCUT2D eigenvalue weighted by molar-refractivity contribution is 0.235. The smallest absolute Gasteiger partial charge is 0.147 e. The van der Waals surface area contributed by atoms with Gasteiger partial charge in [0.15, 0.2) is 0 Å². The van der Waals surface area contributed by atoms with Gasteiger partial charge >= 0.3 is 0 Å². The monoisotopic (exact) mass is 302 g/mol. The van der Waals surface area contributed by atoms with Crippen molar-refractivity contribution < 1.29 is 4.74 Å². The molecule has 0 saturated carbocycles. The van der Waals surface area contributed by atoms with E-state index in [4.69, 9.17) is 4.74 Å². The maximum atomic E-state index is 5.44. The summed E-state index contributed by atoms with van der Waals surface area (Å²) in [5, 5.41) is 8.28. The molecule has 0 N–H and O–H groups in total. The molecule has 5 nitrogen and oxygen atoms in total. The zero-order chi connectivity index (χ0) is 16.1. The van der Waals surface area contributed by atoms with Gasteiger partial charge in [-0.2, -0.15) is 0 Å². The maximum Gasteiger partial charge on any atom is 0.147 e. The van der Waals surface area contributed by atoms with Crippen molar-refractivity contribution in [2.45, 2.75) is 45.8 Å². The Bertz CT molecular complexity index is 594. The fourth-order valence-electron chi connectivity index (χ4n) is 2.54. The van der Waals surface area contributed by atoms with E-state index in [1.165, 1.54) is 5.56 Å². The van der Waals surface area contributed by atoms with Gasteiger partial charge in [-0.3, -0.25) is 4.90 Å². The van der Waals surface area contributed by atoms with Crippen LogP contribution in [0.25, 0.3) is 0 Å². The largest absolute Gasteiger partial charge is 0.496 e. The summed E-state index contributed by atoms with van der Waals surface area (Å²) >= 11 is 0. The number of methoxy groups -OCH3 is 1. The molecule has 5 heteroatoms. The van der Waals surface area contributed by atoms with Gasteiger partial charge in [0.1, 0.15) is 17.9 Å². The third-order valence-electron chi connectivity index (χ3n) is 4.05. The van der Waals surface area contributed by atoms with Gasteiger partial charge in [-0.05, 0) is 45.9 Å². The zero-order valence-electron chi connectivity index (χ0n) is 14.2. The molecule has 0 aliphatic carbocycles. The molecule has 120 valence electrons. The van der Waals surface area contributed by atoms with Crippen molar-refractivity contribution in [1.82, 2.24) is 19.7 Å². The van der Waals surface area contributed by atoms with Crippen molar-refractivity contribution in [1.29, 1.82) is 0 Å². The van der Waals surface area contributed by atoms with Crippen LogP contribution in [0.1, 0.15) is 38.2 Å². The second-order valence-electron chi connectivity index (χ2n) is 6.03. The number of para-hydroxylation sites is 1. The van der Waals surface area contributed by atoms with Gasteiger partial charge < -0.3 is 9.30 Å². The molecule has 0 spiro atoms. The molecular formula is C17H26N4O. The van der Waals surface area contributed by atoms with E-state index >= 15 is 0 Å². The van der Waals surface area contributed by atoms with Crippen LogP contribution in [0.2, 0.25) is 0 Å². The highest BCUT2D eigenvalue weighted by Crippen LogP contribution is 2.20. The predicted molar refractivity (Wildman–Crippen MR) is 88.0 cm³/mol. The molecule has 0 radical (unpaired) electrons. The van der Waals surface area contributed by atoms with Gasteiger partial charge in [0, 0.05) is 12.1 Å². The van der Waals surface area contributed by atoms with E-state index in [-0.39, 0.29) is 0 Å². The quantitative estimate of drug-likeness (QED) is 0.789. The lowest BCUT2D eigenvalue weighted by atomic mass is 10.1. The molecule has 2 rings (SSSR count). The molecule has 0 fully saturated rings. The Morgan fingerprint density at radius 2 is 1.95 bits per heavy atom. The Kier molecular flexibility index (Phi) is 5.55. The molecule has 0 aliphatic rings. The molecule has 22 heavy (non-hydrogen) atoms. The average Bonchev–Trinajstić information content (AvgIpc) is 2.96. The topological polar surface area (TPSA) is 43.2 Å². The van der Waals surface area contributed by atoms with Crippen LogP contribution >= 0.6 is 0 Å². The highest BCUT2D eigenvalue weighted by Gasteiger charge is 2.16. The Morgan fingerprint density at radius 1 is 1.23 bits per heavy atom. The van der Waals surface area contributed by atoms with E-state index in [9.17, 15) is 0 Å². The summed E-state index contributed by atoms with van der Waals surface area (Å²) < 4.78 is 7.55. The SMILES string of the molecule is COc1ccccc1C[C@@H](C)N(C)Cc1nncn1C(C)C. The maximum absolute atomic E-state index is 5.44. The van der Waals surface area contributed by atoms with Gasteiger partial charge in [0.25, 0.3) is 0 Å². The summed E-state index contributed by atoms with van der Waals surface area (Å²) in [4.78, 5) is 2.30. The highest BCUT2D eigenvalue weighted by atomic mass is 16.5. The third-order valence-corrected chi connectivity index (χ3v) is 4.05. The van der Waals surface area contributed by atoms with Crippen molar-refractivity contribution in [2.75, 3.05) is 14.2 Å². The Hall–Kier alpha value is -1.88. The molecule has 1 aromatic heterocycles. The fraction of sp³-hybridized carbons (Fsp3) is 0.529. The van der Waals surface area contributed by atoms with Crippen LogP contribution in [0.15, 0.2) is 30.6 Å². The molecule has 1 heterocycles. The minimum Gasteiger partial charge on any atom is -0.496 e. The van der Waals surface area contributed by atoms with E-state index in [1.807, 2.05) is 12.1 Å². The first kappa shape index (κ1) is 16.5. The second-order valence-corrected chi connectivity index (χ2v) is 6.03. The van der Waals surface area contributed by atoms with Gasteiger partial charge in [-0.1, -0.05) is 18.2 Å².